The minimum atomic E-state index is 0.288. The van der Waals surface area contributed by atoms with Gasteiger partial charge in [0.05, 0.1) is 25.0 Å². The zero-order chi connectivity index (χ0) is 13.2. The summed E-state index contributed by atoms with van der Waals surface area (Å²) in [6.45, 7) is 0. The summed E-state index contributed by atoms with van der Waals surface area (Å²) in [5, 5.41) is 7.89. The van der Waals surface area contributed by atoms with E-state index in [1.165, 1.54) is 17.7 Å². The number of ether oxygens (including phenoxy) is 1. The monoisotopic (exact) mass is 258 g/mol. The molecule has 0 aliphatic heterocycles. The molecule has 2 aromatic rings. The number of anilines is 1. The first-order valence-electron chi connectivity index (χ1n) is 6.56. The predicted molar refractivity (Wildman–Crippen MR) is 73.3 cm³/mol. The Kier molecular flexibility index (Phi) is 3.11. The van der Waals surface area contributed by atoms with Crippen LogP contribution in [0.3, 0.4) is 0 Å². The van der Waals surface area contributed by atoms with Crippen LogP contribution in [0.1, 0.15) is 30.1 Å². The summed E-state index contributed by atoms with van der Waals surface area (Å²) in [4.78, 5) is 4.22. The minimum Gasteiger partial charge on any atom is -0.480 e. The van der Waals surface area contributed by atoms with E-state index in [2.05, 4.69) is 15.4 Å². The van der Waals surface area contributed by atoms with E-state index in [4.69, 9.17) is 4.74 Å². The molecule has 1 aliphatic carbocycles. The molecule has 0 radical (unpaired) electrons. The van der Waals surface area contributed by atoms with E-state index < -0.39 is 0 Å². The highest BCUT2D eigenvalue weighted by atomic mass is 16.5. The summed E-state index contributed by atoms with van der Waals surface area (Å²) >= 11 is 0. The van der Waals surface area contributed by atoms with Crippen LogP contribution in [0, 0.1) is 0 Å². The molecular formula is C14H18N4O. The summed E-state index contributed by atoms with van der Waals surface area (Å²) in [5.41, 5.74) is 3.55. The lowest BCUT2D eigenvalue weighted by atomic mass is 9.93. The second kappa shape index (κ2) is 4.91. The molecule has 0 amide bonds. The van der Waals surface area contributed by atoms with Crippen molar-refractivity contribution < 1.29 is 4.74 Å². The van der Waals surface area contributed by atoms with Crippen molar-refractivity contribution in [2.75, 3.05) is 12.4 Å². The highest BCUT2D eigenvalue weighted by Gasteiger charge is 2.24. The standard InChI is InChI=1S/C14H18N4O/c1-18-13-7-3-5-11(10(13)9-16-18)17-12-6-4-8-15-14(12)19-2/h4,6,8-9,11,17H,3,5,7H2,1-2H3. The van der Waals surface area contributed by atoms with Crippen LogP contribution in [-0.4, -0.2) is 21.9 Å². The van der Waals surface area contributed by atoms with E-state index in [0.29, 0.717) is 5.88 Å². The van der Waals surface area contributed by atoms with Crippen LogP contribution >= 0.6 is 0 Å². The van der Waals surface area contributed by atoms with Crippen molar-refractivity contribution in [3.8, 4) is 5.88 Å². The fourth-order valence-electron chi connectivity index (χ4n) is 2.71. The highest BCUT2D eigenvalue weighted by Crippen LogP contribution is 2.34. The van der Waals surface area contributed by atoms with Crippen LogP contribution in [0.5, 0.6) is 5.88 Å². The first kappa shape index (κ1) is 12.0. The van der Waals surface area contributed by atoms with Gasteiger partial charge in [0.1, 0.15) is 0 Å². The summed E-state index contributed by atoms with van der Waals surface area (Å²) in [5.74, 6) is 0.638. The molecule has 5 nitrogen and oxygen atoms in total. The second-order valence-corrected chi connectivity index (χ2v) is 4.82. The lowest BCUT2D eigenvalue weighted by Gasteiger charge is -2.25. The summed E-state index contributed by atoms with van der Waals surface area (Å²) < 4.78 is 7.26. The molecule has 2 heterocycles. The van der Waals surface area contributed by atoms with Crippen LogP contribution < -0.4 is 10.1 Å². The molecule has 19 heavy (non-hydrogen) atoms. The van der Waals surface area contributed by atoms with E-state index in [9.17, 15) is 0 Å². The number of hydrogen-bond acceptors (Lipinski definition) is 4. The van der Waals surface area contributed by atoms with Crippen LogP contribution in [0.15, 0.2) is 24.5 Å². The van der Waals surface area contributed by atoms with Gasteiger partial charge in [0, 0.05) is 24.5 Å². The van der Waals surface area contributed by atoms with Crippen molar-refractivity contribution in [2.45, 2.75) is 25.3 Å². The van der Waals surface area contributed by atoms with Gasteiger partial charge in [-0.1, -0.05) is 0 Å². The molecule has 0 bridgehead atoms. The Morgan fingerprint density at radius 1 is 1.47 bits per heavy atom. The van der Waals surface area contributed by atoms with Gasteiger partial charge in [-0.25, -0.2) is 4.98 Å². The van der Waals surface area contributed by atoms with Gasteiger partial charge < -0.3 is 10.1 Å². The number of aryl methyl sites for hydroxylation is 1. The average molecular weight is 258 g/mol. The Hall–Kier alpha value is -2.04. The molecule has 0 aromatic carbocycles. The largest absolute Gasteiger partial charge is 0.480 e. The van der Waals surface area contributed by atoms with Crippen LogP contribution in [-0.2, 0) is 13.5 Å². The van der Waals surface area contributed by atoms with Gasteiger partial charge >= 0.3 is 0 Å². The third kappa shape index (κ3) is 2.16. The Bertz CT molecular complexity index is 579. The number of pyridine rings is 1. The molecule has 3 rings (SSSR count). The first-order valence-corrected chi connectivity index (χ1v) is 6.56. The molecule has 2 aromatic heterocycles. The molecule has 1 aliphatic rings. The van der Waals surface area contributed by atoms with Crippen LogP contribution in [0.2, 0.25) is 0 Å². The Morgan fingerprint density at radius 2 is 2.37 bits per heavy atom. The quantitative estimate of drug-likeness (QED) is 0.918. The van der Waals surface area contributed by atoms with Crippen LogP contribution in [0.25, 0.3) is 0 Å². The molecule has 1 N–H and O–H groups in total. The summed E-state index contributed by atoms with van der Waals surface area (Å²) in [6, 6.07) is 4.20. The van der Waals surface area contributed by atoms with Gasteiger partial charge in [-0.2, -0.15) is 5.10 Å². The average Bonchev–Trinajstić information content (AvgIpc) is 2.82. The molecule has 5 heteroatoms. The molecule has 100 valence electrons. The molecule has 0 saturated carbocycles. The third-order valence-electron chi connectivity index (χ3n) is 3.67. The number of nitrogens with one attached hydrogen (secondary N) is 1. The fraction of sp³-hybridized carbons (Fsp3) is 0.429. The summed E-state index contributed by atoms with van der Waals surface area (Å²) in [7, 11) is 3.65. The zero-order valence-electron chi connectivity index (χ0n) is 11.3. The first-order chi connectivity index (χ1) is 9.29. The molecule has 0 saturated heterocycles. The molecule has 1 atom stereocenters. The topological polar surface area (TPSA) is 52.0 Å². The Balaban J connectivity index is 1.88. The third-order valence-corrected chi connectivity index (χ3v) is 3.67. The molecular weight excluding hydrogens is 240 g/mol. The van der Waals surface area contributed by atoms with Crippen molar-refractivity contribution in [3.63, 3.8) is 0 Å². The van der Waals surface area contributed by atoms with Gasteiger partial charge in [-0.3, -0.25) is 4.68 Å². The van der Waals surface area contributed by atoms with Gasteiger partial charge in [0.2, 0.25) is 5.88 Å². The fourth-order valence-corrected chi connectivity index (χ4v) is 2.71. The van der Waals surface area contributed by atoms with Crippen molar-refractivity contribution >= 4 is 5.69 Å². The van der Waals surface area contributed by atoms with E-state index in [1.807, 2.05) is 30.1 Å². The second-order valence-electron chi connectivity index (χ2n) is 4.82. The van der Waals surface area contributed by atoms with Gasteiger partial charge in [-0.15, -0.1) is 0 Å². The predicted octanol–water partition coefficient (Wildman–Crippen LogP) is 2.31. The van der Waals surface area contributed by atoms with E-state index in [-0.39, 0.29) is 6.04 Å². The number of hydrogen-bond donors (Lipinski definition) is 1. The Morgan fingerprint density at radius 3 is 3.21 bits per heavy atom. The smallest absolute Gasteiger partial charge is 0.237 e. The van der Waals surface area contributed by atoms with Crippen LogP contribution in [0.4, 0.5) is 5.69 Å². The van der Waals surface area contributed by atoms with Gasteiger partial charge in [0.15, 0.2) is 0 Å². The van der Waals surface area contributed by atoms with E-state index in [1.54, 1.807) is 13.3 Å². The number of methoxy groups -OCH3 is 1. The van der Waals surface area contributed by atoms with E-state index >= 15 is 0 Å². The number of rotatable bonds is 3. The zero-order valence-corrected chi connectivity index (χ0v) is 11.3. The molecule has 0 fully saturated rings. The normalized spacial score (nSPS) is 17.9. The maximum Gasteiger partial charge on any atom is 0.237 e. The number of aromatic nitrogens is 3. The SMILES string of the molecule is COc1ncccc1NC1CCCc2c1cnn2C. The van der Waals surface area contributed by atoms with Crippen molar-refractivity contribution in [1.29, 1.82) is 0 Å². The minimum absolute atomic E-state index is 0.288. The summed E-state index contributed by atoms with van der Waals surface area (Å²) in [6.07, 6.45) is 7.09. The van der Waals surface area contributed by atoms with Crippen molar-refractivity contribution in [3.05, 3.63) is 35.8 Å². The molecule has 0 spiro atoms. The van der Waals surface area contributed by atoms with Gasteiger partial charge in [-0.05, 0) is 31.4 Å². The maximum absolute atomic E-state index is 5.29. The van der Waals surface area contributed by atoms with Crippen molar-refractivity contribution in [1.82, 2.24) is 14.8 Å². The maximum atomic E-state index is 5.29. The number of fused-ring (bicyclic) bond motifs is 1. The lowest BCUT2D eigenvalue weighted by molar-refractivity contribution is 0.399. The van der Waals surface area contributed by atoms with Gasteiger partial charge in [0.25, 0.3) is 0 Å². The van der Waals surface area contributed by atoms with E-state index in [0.717, 1.165) is 18.5 Å². The Labute approximate surface area is 112 Å². The lowest BCUT2D eigenvalue weighted by Crippen LogP contribution is -2.18. The molecule has 1 unspecified atom stereocenters. The highest BCUT2D eigenvalue weighted by molar-refractivity contribution is 5.54. The van der Waals surface area contributed by atoms with Crippen molar-refractivity contribution in [2.24, 2.45) is 7.05 Å². The number of nitrogens with zero attached hydrogens (tertiary/aromatic N) is 3.